The molecule has 0 saturated carbocycles. The number of hydrogen-bond acceptors (Lipinski definition) is 7. The van der Waals surface area contributed by atoms with E-state index in [0.29, 0.717) is 12.2 Å². The maximum Gasteiger partial charge on any atom is 0.287 e. The van der Waals surface area contributed by atoms with Gasteiger partial charge in [-0.3, -0.25) is 14.4 Å². The zero-order valence-corrected chi connectivity index (χ0v) is 21.1. The monoisotopic (exact) mass is 505 g/mol. The molecular weight excluding hydrogens is 474 g/mol. The summed E-state index contributed by atoms with van der Waals surface area (Å²) in [6.07, 6.45) is 2.67. The summed E-state index contributed by atoms with van der Waals surface area (Å²) in [6.45, 7) is 4.18. The van der Waals surface area contributed by atoms with E-state index in [0.717, 1.165) is 24.1 Å². The van der Waals surface area contributed by atoms with Gasteiger partial charge in [0.15, 0.2) is 5.78 Å². The van der Waals surface area contributed by atoms with Gasteiger partial charge in [0, 0.05) is 30.2 Å². The molecule has 0 aliphatic carbocycles. The highest BCUT2D eigenvalue weighted by Gasteiger charge is 2.33. The second kappa shape index (κ2) is 11.8. The summed E-state index contributed by atoms with van der Waals surface area (Å²) in [7, 11) is -3.93. The molecule has 1 aliphatic rings. The molecule has 1 amide bonds. The van der Waals surface area contributed by atoms with Gasteiger partial charge in [-0.05, 0) is 61.3 Å². The van der Waals surface area contributed by atoms with Crippen molar-refractivity contribution in [2.75, 3.05) is 6.54 Å². The summed E-state index contributed by atoms with van der Waals surface area (Å²) < 4.78 is 32.7. The molecule has 0 saturated heterocycles. The molecule has 8 nitrogen and oxygen atoms in total. The van der Waals surface area contributed by atoms with Crippen LogP contribution in [0, 0.1) is 11.8 Å². The summed E-state index contributed by atoms with van der Waals surface area (Å²) in [5.74, 6) is -2.67. The van der Waals surface area contributed by atoms with Crippen LogP contribution in [-0.2, 0) is 37.2 Å². The molecule has 1 aliphatic heterocycles. The number of amides is 1. The maximum atomic E-state index is 13.3. The van der Waals surface area contributed by atoms with E-state index < -0.39 is 39.5 Å². The van der Waals surface area contributed by atoms with E-state index in [1.807, 2.05) is 19.9 Å². The highest BCUT2D eigenvalue weighted by Crippen LogP contribution is 2.22. The van der Waals surface area contributed by atoms with Crippen LogP contribution in [0.1, 0.15) is 50.1 Å². The van der Waals surface area contributed by atoms with E-state index >= 15 is 0 Å². The average molecular weight is 506 g/mol. The first kappa shape index (κ1) is 26.2. The van der Waals surface area contributed by atoms with Crippen LogP contribution in [0.5, 0.6) is 0 Å². The first-order chi connectivity index (χ1) is 16.2. The van der Waals surface area contributed by atoms with Crippen molar-refractivity contribution >= 4 is 39.0 Å². The number of carbonyl (C=O) groups excluding carboxylic acids is 3. The van der Waals surface area contributed by atoms with Crippen LogP contribution >= 0.6 is 11.5 Å². The molecule has 0 radical (unpaired) electrons. The van der Waals surface area contributed by atoms with E-state index in [4.69, 9.17) is 0 Å². The Morgan fingerprint density at radius 3 is 2.65 bits per heavy atom. The number of hydrogen-bond donors (Lipinski definition) is 2. The Hall–Kier alpha value is -2.43. The smallest absolute Gasteiger partial charge is 0.287 e. The first-order valence-electron chi connectivity index (χ1n) is 11.5. The Morgan fingerprint density at radius 1 is 1.21 bits per heavy atom. The number of Topliss-reactive ketones (excluding diaryl/α,β-unsaturated/α-hetero) is 2. The number of carbonyl (C=O) groups is 3. The molecule has 0 fully saturated rings. The molecule has 2 N–H and O–H groups in total. The van der Waals surface area contributed by atoms with Crippen molar-refractivity contribution in [3.63, 3.8) is 0 Å². The minimum absolute atomic E-state index is 0.0313. The van der Waals surface area contributed by atoms with Gasteiger partial charge in [0.1, 0.15) is 0 Å². The highest BCUT2D eigenvalue weighted by atomic mass is 32.2. The number of rotatable bonds is 8. The van der Waals surface area contributed by atoms with Crippen LogP contribution < -0.4 is 10.0 Å². The summed E-state index contributed by atoms with van der Waals surface area (Å²) in [4.78, 5) is 39.9. The second-order valence-corrected chi connectivity index (χ2v) is 11.7. The lowest BCUT2D eigenvalue weighted by Crippen LogP contribution is -2.44. The van der Waals surface area contributed by atoms with Gasteiger partial charge in [0.2, 0.25) is 15.8 Å². The van der Waals surface area contributed by atoms with Crippen molar-refractivity contribution in [3.8, 4) is 0 Å². The van der Waals surface area contributed by atoms with Crippen molar-refractivity contribution in [2.45, 2.75) is 63.3 Å². The molecule has 0 spiro atoms. The van der Waals surface area contributed by atoms with Crippen LogP contribution in [0.2, 0.25) is 0 Å². The quantitative estimate of drug-likeness (QED) is 0.532. The molecule has 2 heterocycles. The summed E-state index contributed by atoms with van der Waals surface area (Å²) in [5.41, 5.74) is 0.671. The number of nitrogens with one attached hydrogen (secondary N) is 2. The molecule has 2 atom stereocenters. The Kier molecular flexibility index (Phi) is 9.10. The first-order valence-corrected chi connectivity index (χ1v) is 13.8. The van der Waals surface area contributed by atoms with Crippen molar-refractivity contribution < 1.29 is 22.8 Å². The van der Waals surface area contributed by atoms with Crippen molar-refractivity contribution in [1.29, 1.82) is 0 Å². The fraction of sp³-hybridized carbons (Fsp3) is 0.500. The molecule has 2 aromatic rings. The predicted octanol–water partition coefficient (Wildman–Crippen LogP) is 2.68. The van der Waals surface area contributed by atoms with Crippen molar-refractivity contribution in [1.82, 2.24) is 14.4 Å². The zero-order chi connectivity index (χ0) is 24.7. The number of benzene rings is 1. The Morgan fingerprint density at radius 2 is 1.94 bits per heavy atom. The average Bonchev–Trinajstić information content (AvgIpc) is 3.24. The van der Waals surface area contributed by atoms with Gasteiger partial charge in [0.05, 0.1) is 16.6 Å². The Bertz CT molecular complexity index is 1110. The van der Waals surface area contributed by atoms with E-state index in [1.165, 1.54) is 23.7 Å². The lowest BCUT2D eigenvalue weighted by atomic mass is 9.88. The number of nitrogens with zero attached hydrogens (tertiary/aromatic N) is 1. The number of aryl methyl sites for hydroxylation is 1. The highest BCUT2D eigenvalue weighted by molar-refractivity contribution is 7.89. The van der Waals surface area contributed by atoms with Gasteiger partial charge in [-0.25, -0.2) is 13.1 Å². The third kappa shape index (κ3) is 7.28. The third-order valence-corrected chi connectivity index (χ3v) is 8.06. The van der Waals surface area contributed by atoms with E-state index in [9.17, 15) is 22.8 Å². The van der Waals surface area contributed by atoms with E-state index in [2.05, 4.69) is 14.4 Å². The number of fused-ring (bicyclic) bond motifs is 2. The normalized spacial score (nSPS) is 18.6. The number of aromatic nitrogens is 1. The molecule has 1 aromatic heterocycles. The summed E-state index contributed by atoms with van der Waals surface area (Å²) in [5, 5.41) is 2.65. The zero-order valence-electron chi connectivity index (χ0n) is 19.5. The predicted molar refractivity (Wildman–Crippen MR) is 130 cm³/mol. The molecule has 1 aromatic carbocycles. The van der Waals surface area contributed by atoms with Crippen molar-refractivity contribution in [3.05, 3.63) is 47.0 Å². The largest absolute Gasteiger partial charge is 0.349 e. The van der Waals surface area contributed by atoms with Crippen molar-refractivity contribution in [2.24, 2.45) is 11.8 Å². The topological polar surface area (TPSA) is 122 Å². The van der Waals surface area contributed by atoms with Gasteiger partial charge in [-0.15, -0.1) is 0 Å². The standard InChI is InChI=1S/C24H31N3O5S2/c1-16(2)12-21(27-34(31,32)20-9-4-3-5-10-20)22(28)14-17-13-18-15-19(33-26-18)8-6-7-11-25-24(30)23(17)29/h3-5,9-10,15-17,21,27H,6-8,11-14H2,1-2H3,(H,25,30). The number of sulfonamides is 1. The molecule has 184 valence electrons. The summed E-state index contributed by atoms with van der Waals surface area (Å²) in [6, 6.07) is 8.77. The fourth-order valence-electron chi connectivity index (χ4n) is 3.94. The van der Waals surface area contributed by atoms with Crippen LogP contribution in [0.3, 0.4) is 0 Å². The van der Waals surface area contributed by atoms with Gasteiger partial charge < -0.3 is 5.32 Å². The molecule has 3 rings (SSSR count). The van der Waals surface area contributed by atoms with Crippen LogP contribution in [0.25, 0.3) is 0 Å². The van der Waals surface area contributed by atoms with Gasteiger partial charge in [0.25, 0.3) is 5.91 Å². The number of ketones is 2. The van der Waals surface area contributed by atoms with Gasteiger partial charge >= 0.3 is 0 Å². The minimum atomic E-state index is -3.93. The van der Waals surface area contributed by atoms with E-state index in [-0.39, 0.29) is 30.1 Å². The second-order valence-electron chi connectivity index (χ2n) is 9.05. The lowest BCUT2D eigenvalue weighted by Gasteiger charge is -2.22. The third-order valence-electron chi connectivity index (χ3n) is 5.69. The van der Waals surface area contributed by atoms with Crippen LogP contribution in [0.15, 0.2) is 41.3 Å². The van der Waals surface area contributed by atoms with Crippen LogP contribution in [-0.4, -0.2) is 42.9 Å². The van der Waals surface area contributed by atoms with Gasteiger partial charge in [-0.1, -0.05) is 32.0 Å². The molecule has 2 unspecified atom stereocenters. The molecule has 34 heavy (non-hydrogen) atoms. The maximum absolute atomic E-state index is 13.3. The van der Waals surface area contributed by atoms with Gasteiger partial charge in [-0.2, -0.15) is 4.37 Å². The Balaban J connectivity index is 1.82. The Labute approximate surface area is 204 Å². The SMILES string of the molecule is CC(C)CC(NS(=O)(=O)c1ccccc1)C(=O)CC1Cc2cc(sn2)CCCCNC(=O)C1=O. The van der Waals surface area contributed by atoms with Crippen LogP contribution in [0.4, 0.5) is 0 Å². The summed E-state index contributed by atoms with van der Waals surface area (Å²) >= 11 is 1.37. The molecule has 10 heteroatoms. The van der Waals surface area contributed by atoms with E-state index in [1.54, 1.807) is 18.2 Å². The minimum Gasteiger partial charge on any atom is -0.349 e. The molecule has 2 bridgehead atoms. The molecular formula is C24H31N3O5S2. The lowest BCUT2D eigenvalue weighted by molar-refractivity contribution is -0.141. The fourth-order valence-corrected chi connectivity index (χ4v) is 5.98.